The molecule has 1 amide bonds. The maximum absolute atomic E-state index is 12.7. The molecule has 1 atom stereocenters. The number of para-hydroxylation sites is 1. The number of anilines is 1. The summed E-state index contributed by atoms with van der Waals surface area (Å²) in [5.74, 6) is -0.0476. The molecule has 1 fully saturated rings. The Kier molecular flexibility index (Phi) is 6.60. The summed E-state index contributed by atoms with van der Waals surface area (Å²) in [6.45, 7) is 4.41. The van der Waals surface area contributed by atoms with E-state index in [9.17, 15) is 13.2 Å². The summed E-state index contributed by atoms with van der Waals surface area (Å²) in [7, 11) is -3.50. The number of hydrogen-bond donors (Lipinski definition) is 1. The maximum Gasteiger partial charge on any atom is 0.243 e. The lowest BCUT2D eigenvalue weighted by molar-refractivity contribution is -0.120. The Balaban J connectivity index is 1.35. The summed E-state index contributed by atoms with van der Waals surface area (Å²) < 4.78 is 32.1. The van der Waals surface area contributed by atoms with Crippen molar-refractivity contribution < 1.29 is 17.9 Å². The standard InChI is InChI=1S/C23H29N3O4S/c1-18-6-9-20-4-2-3-5-22(20)26(18)17-23(27)24-16-19-7-10-21(11-8-19)31(28,29)25-12-14-30-15-13-25/h2-5,7-8,10-11,18H,6,9,12-17H2,1H3,(H,24,27). The van der Waals surface area contributed by atoms with Gasteiger partial charge in [-0.1, -0.05) is 30.3 Å². The Morgan fingerprint density at radius 2 is 1.81 bits per heavy atom. The Morgan fingerprint density at radius 3 is 2.55 bits per heavy atom. The van der Waals surface area contributed by atoms with Crippen molar-refractivity contribution >= 4 is 21.6 Å². The Labute approximate surface area is 184 Å². The number of fused-ring (bicyclic) bond motifs is 1. The van der Waals surface area contributed by atoms with Gasteiger partial charge in [-0.15, -0.1) is 0 Å². The van der Waals surface area contributed by atoms with Crippen molar-refractivity contribution in [3.63, 3.8) is 0 Å². The molecule has 0 bridgehead atoms. The SMILES string of the molecule is CC1CCc2ccccc2N1CC(=O)NCc1ccc(S(=O)(=O)N2CCOCC2)cc1. The number of carbonyl (C=O) groups is 1. The minimum atomic E-state index is -3.50. The number of carbonyl (C=O) groups excluding carboxylic acids is 1. The van der Waals surface area contributed by atoms with Crippen LogP contribution in [-0.2, 0) is 32.5 Å². The fraction of sp³-hybridized carbons (Fsp3) is 0.435. The third-order valence-corrected chi connectivity index (χ3v) is 7.91. The maximum atomic E-state index is 12.7. The number of amides is 1. The summed E-state index contributed by atoms with van der Waals surface area (Å²) in [6.07, 6.45) is 2.07. The van der Waals surface area contributed by atoms with Crippen molar-refractivity contribution in [1.29, 1.82) is 0 Å². The number of rotatable bonds is 6. The van der Waals surface area contributed by atoms with Crippen LogP contribution in [0.2, 0.25) is 0 Å². The van der Waals surface area contributed by atoms with Crippen molar-refractivity contribution in [3.05, 3.63) is 59.7 Å². The van der Waals surface area contributed by atoms with Gasteiger partial charge in [-0.2, -0.15) is 4.31 Å². The van der Waals surface area contributed by atoms with Crippen molar-refractivity contribution in [2.45, 2.75) is 37.2 Å². The van der Waals surface area contributed by atoms with E-state index in [1.165, 1.54) is 9.87 Å². The van der Waals surface area contributed by atoms with E-state index in [0.717, 1.165) is 24.1 Å². The summed E-state index contributed by atoms with van der Waals surface area (Å²) in [5, 5.41) is 2.96. The fourth-order valence-corrected chi connectivity index (χ4v) is 5.54. The molecule has 2 aliphatic heterocycles. The lowest BCUT2D eigenvalue weighted by Gasteiger charge is -2.36. The molecule has 1 saturated heterocycles. The number of morpholine rings is 1. The molecule has 0 aromatic heterocycles. The molecular weight excluding hydrogens is 414 g/mol. The summed E-state index contributed by atoms with van der Waals surface area (Å²) in [6, 6.07) is 15.3. The molecule has 8 heteroatoms. The predicted octanol–water partition coefficient (Wildman–Crippen LogP) is 2.17. The average Bonchev–Trinajstić information content (AvgIpc) is 2.80. The van der Waals surface area contributed by atoms with Gasteiger partial charge in [-0.05, 0) is 49.1 Å². The van der Waals surface area contributed by atoms with Gasteiger partial charge in [0.05, 0.1) is 24.7 Å². The number of nitrogens with one attached hydrogen (secondary N) is 1. The number of benzene rings is 2. The van der Waals surface area contributed by atoms with Crippen LogP contribution in [0, 0.1) is 0 Å². The molecule has 0 saturated carbocycles. The first-order chi connectivity index (χ1) is 14.9. The number of sulfonamides is 1. The zero-order chi connectivity index (χ0) is 21.8. The number of aryl methyl sites for hydroxylation is 1. The van der Waals surface area contributed by atoms with Gasteiger partial charge in [0.25, 0.3) is 0 Å². The van der Waals surface area contributed by atoms with Gasteiger partial charge in [-0.25, -0.2) is 8.42 Å². The average molecular weight is 444 g/mol. The summed E-state index contributed by atoms with van der Waals surface area (Å²) >= 11 is 0. The zero-order valence-electron chi connectivity index (χ0n) is 17.8. The second-order valence-electron chi connectivity index (χ2n) is 8.08. The normalized spacial score (nSPS) is 19.6. The first-order valence-electron chi connectivity index (χ1n) is 10.7. The van der Waals surface area contributed by atoms with Gasteiger partial charge >= 0.3 is 0 Å². The molecule has 2 heterocycles. The monoisotopic (exact) mass is 443 g/mol. The Hall–Kier alpha value is -2.42. The molecule has 0 spiro atoms. The van der Waals surface area contributed by atoms with Crippen LogP contribution in [-0.4, -0.2) is 57.5 Å². The topological polar surface area (TPSA) is 79.0 Å². The van der Waals surface area contributed by atoms with E-state index in [0.29, 0.717) is 45.4 Å². The third-order valence-electron chi connectivity index (χ3n) is 6.00. The van der Waals surface area contributed by atoms with Crippen LogP contribution in [0.15, 0.2) is 53.4 Å². The zero-order valence-corrected chi connectivity index (χ0v) is 18.6. The molecule has 31 heavy (non-hydrogen) atoms. The number of nitrogens with zero attached hydrogens (tertiary/aromatic N) is 2. The lowest BCUT2D eigenvalue weighted by atomic mass is 9.96. The molecule has 166 valence electrons. The van der Waals surface area contributed by atoms with E-state index in [4.69, 9.17) is 4.74 Å². The highest BCUT2D eigenvalue weighted by Gasteiger charge is 2.26. The van der Waals surface area contributed by atoms with Crippen LogP contribution in [0.4, 0.5) is 5.69 Å². The van der Waals surface area contributed by atoms with Crippen LogP contribution < -0.4 is 10.2 Å². The molecule has 2 aliphatic rings. The van der Waals surface area contributed by atoms with Gasteiger partial charge < -0.3 is 15.0 Å². The smallest absolute Gasteiger partial charge is 0.243 e. The summed E-state index contributed by atoms with van der Waals surface area (Å²) in [4.78, 5) is 15.0. The van der Waals surface area contributed by atoms with Gasteiger partial charge in [0, 0.05) is 31.4 Å². The van der Waals surface area contributed by atoms with Crippen molar-refractivity contribution in [2.75, 3.05) is 37.7 Å². The van der Waals surface area contributed by atoms with Crippen LogP contribution in [0.1, 0.15) is 24.5 Å². The minimum absolute atomic E-state index is 0.0476. The first kappa shape index (κ1) is 21.8. The van der Waals surface area contributed by atoms with Gasteiger partial charge in [-0.3, -0.25) is 4.79 Å². The molecule has 4 rings (SSSR count). The van der Waals surface area contributed by atoms with Crippen LogP contribution >= 0.6 is 0 Å². The van der Waals surface area contributed by atoms with Gasteiger partial charge in [0.2, 0.25) is 15.9 Å². The molecule has 2 aromatic carbocycles. The molecule has 7 nitrogen and oxygen atoms in total. The Morgan fingerprint density at radius 1 is 1.10 bits per heavy atom. The molecule has 1 unspecified atom stereocenters. The minimum Gasteiger partial charge on any atom is -0.379 e. The van der Waals surface area contributed by atoms with Gasteiger partial charge in [0.15, 0.2) is 0 Å². The quantitative estimate of drug-likeness (QED) is 0.740. The number of hydrogen-bond acceptors (Lipinski definition) is 5. The molecular formula is C23H29N3O4S. The van der Waals surface area contributed by atoms with Crippen LogP contribution in [0.5, 0.6) is 0 Å². The molecule has 2 aromatic rings. The fourth-order valence-electron chi connectivity index (χ4n) is 4.13. The van der Waals surface area contributed by atoms with E-state index in [-0.39, 0.29) is 10.8 Å². The predicted molar refractivity (Wildman–Crippen MR) is 119 cm³/mol. The highest BCUT2D eigenvalue weighted by atomic mass is 32.2. The van der Waals surface area contributed by atoms with Crippen molar-refractivity contribution in [1.82, 2.24) is 9.62 Å². The Bertz CT molecular complexity index is 1020. The molecule has 0 aliphatic carbocycles. The largest absolute Gasteiger partial charge is 0.379 e. The van der Waals surface area contributed by atoms with Crippen LogP contribution in [0.3, 0.4) is 0 Å². The first-order valence-corrected chi connectivity index (χ1v) is 12.2. The van der Waals surface area contributed by atoms with Crippen molar-refractivity contribution in [2.24, 2.45) is 0 Å². The van der Waals surface area contributed by atoms with E-state index < -0.39 is 10.0 Å². The van der Waals surface area contributed by atoms with E-state index in [1.807, 2.05) is 12.1 Å². The highest BCUT2D eigenvalue weighted by Crippen LogP contribution is 2.30. The highest BCUT2D eigenvalue weighted by molar-refractivity contribution is 7.89. The third kappa shape index (κ3) is 4.92. The van der Waals surface area contributed by atoms with Crippen LogP contribution in [0.25, 0.3) is 0 Å². The summed E-state index contributed by atoms with van der Waals surface area (Å²) in [5.41, 5.74) is 3.28. The molecule has 0 radical (unpaired) electrons. The molecule has 1 N–H and O–H groups in total. The lowest BCUT2D eigenvalue weighted by Crippen LogP contribution is -2.44. The van der Waals surface area contributed by atoms with E-state index >= 15 is 0 Å². The van der Waals surface area contributed by atoms with E-state index in [2.05, 4.69) is 29.3 Å². The second kappa shape index (κ2) is 9.38. The van der Waals surface area contributed by atoms with E-state index in [1.54, 1.807) is 24.3 Å². The number of ether oxygens (including phenoxy) is 1. The van der Waals surface area contributed by atoms with Gasteiger partial charge in [0.1, 0.15) is 0 Å². The second-order valence-corrected chi connectivity index (χ2v) is 10.0. The van der Waals surface area contributed by atoms with Crippen molar-refractivity contribution in [3.8, 4) is 0 Å².